The molecule has 1 aliphatic heterocycles. The standard InChI is InChI=1S/C25H19ClO4/c1-15-7-6-8-17(13-15)14-21-23(27)19-11-12-20(16(2)24(19)29-21)30-25(28)22(26)18-9-4-3-5-10-18/h3-14,22H,1-2H3/b21-14-. The summed E-state index contributed by atoms with van der Waals surface area (Å²) >= 11 is 6.26. The van der Waals surface area contributed by atoms with Gasteiger partial charge in [-0.2, -0.15) is 0 Å². The number of alkyl halides is 1. The van der Waals surface area contributed by atoms with Gasteiger partial charge in [0.2, 0.25) is 5.78 Å². The highest BCUT2D eigenvalue weighted by molar-refractivity contribution is 6.30. The Hall–Kier alpha value is -3.37. The van der Waals surface area contributed by atoms with Crippen molar-refractivity contribution in [2.45, 2.75) is 19.2 Å². The zero-order valence-corrected chi connectivity index (χ0v) is 17.3. The van der Waals surface area contributed by atoms with E-state index in [1.165, 1.54) is 0 Å². The third-order valence-corrected chi connectivity index (χ3v) is 5.32. The highest BCUT2D eigenvalue weighted by atomic mass is 35.5. The first-order chi connectivity index (χ1) is 14.4. The Kier molecular flexibility index (Phi) is 5.42. The molecule has 0 fully saturated rings. The van der Waals surface area contributed by atoms with Gasteiger partial charge in [0.15, 0.2) is 11.1 Å². The molecule has 0 saturated heterocycles. The molecule has 4 nitrogen and oxygen atoms in total. The minimum absolute atomic E-state index is 0.202. The first-order valence-electron chi connectivity index (χ1n) is 9.49. The molecule has 3 aromatic carbocycles. The van der Waals surface area contributed by atoms with E-state index in [4.69, 9.17) is 21.1 Å². The summed E-state index contributed by atoms with van der Waals surface area (Å²) in [4.78, 5) is 25.2. The van der Waals surface area contributed by atoms with Gasteiger partial charge in [-0.15, -0.1) is 11.6 Å². The van der Waals surface area contributed by atoms with E-state index in [-0.39, 0.29) is 11.5 Å². The lowest BCUT2D eigenvalue weighted by atomic mass is 10.1. The van der Waals surface area contributed by atoms with E-state index < -0.39 is 11.3 Å². The number of Topliss-reactive ketones (excluding diaryl/α,β-unsaturated/α-hetero) is 1. The average Bonchev–Trinajstić information content (AvgIpc) is 3.06. The largest absolute Gasteiger partial charge is 0.452 e. The van der Waals surface area contributed by atoms with Crippen molar-refractivity contribution < 1.29 is 19.1 Å². The van der Waals surface area contributed by atoms with Crippen LogP contribution in [0.1, 0.15) is 38.0 Å². The van der Waals surface area contributed by atoms with Gasteiger partial charge in [0.25, 0.3) is 0 Å². The highest BCUT2D eigenvalue weighted by Gasteiger charge is 2.31. The number of allylic oxidation sites excluding steroid dienone is 1. The molecule has 0 radical (unpaired) electrons. The second-order valence-electron chi connectivity index (χ2n) is 7.11. The molecule has 150 valence electrons. The molecule has 0 spiro atoms. The normalized spacial score (nSPS) is 14.9. The Morgan fingerprint density at radius 3 is 2.53 bits per heavy atom. The summed E-state index contributed by atoms with van der Waals surface area (Å²) in [7, 11) is 0. The van der Waals surface area contributed by atoms with Crippen LogP contribution < -0.4 is 9.47 Å². The number of fused-ring (bicyclic) bond motifs is 1. The van der Waals surface area contributed by atoms with Crippen molar-refractivity contribution in [3.8, 4) is 11.5 Å². The number of ketones is 1. The van der Waals surface area contributed by atoms with Crippen LogP contribution in [-0.2, 0) is 4.79 Å². The lowest BCUT2D eigenvalue weighted by molar-refractivity contribution is -0.134. The quantitative estimate of drug-likeness (QED) is 0.232. The minimum Gasteiger partial charge on any atom is -0.452 e. The van der Waals surface area contributed by atoms with Crippen LogP contribution >= 0.6 is 11.6 Å². The summed E-state index contributed by atoms with van der Waals surface area (Å²) in [5.74, 6) is 0.152. The van der Waals surface area contributed by atoms with E-state index >= 15 is 0 Å². The van der Waals surface area contributed by atoms with Crippen molar-refractivity contribution in [3.05, 3.63) is 100 Å². The van der Waals surface area contributed by atoms with Crippen LogP contribution in [0.25, 0.3) is 6.08 Å². The number of carbonyl (C=O) groups is 2. The van der Waals surface area contributed by atoms with Crippen LogP contribution in [0, 0.1) is 13.8 Å². The number of benzene rings is 3. The van der Waals surface area contributed by atoms with Crippen molar-refractivity contribution in [2.75, 3.05) is 0 Å². The Morgan fingerprint density at radius 2 is 1.80 bits per heavy atom. The zero-order valence-electron chi connectivity index (χ0n) is 16.5. The van der Waals surface area contributed by atoms with Gasteiger partial charge in [-0.25, -0.2) is 4.79 Å². The number of hydrogen-bond donors (Lipinski definition) is 0. The van der Waals surface area contributed by atoms with E-state index in [9.17, 15) is 9.59 Å². The Balaban J connectivity index is 1.58. The first-order valence-corrected chi connectivity index (χ1v) is 9.93. The van der Waals surface area contributed by atoms with Gasteiger partial charge in [-0.05, 0) is 43.2 Å². The molecule has 0 N–H and O–H groups in total. The predicted octanol–water partition coefficient (Wildman–Crippen LogP) is 5.81. The van der Waals surface area contributed by atoms with Crippen LogP contribution in [0.5, 0.6) is 11.5 Å². The number of ether oxygens (including phenoxy) is 2. The van der Waals surface area contributed by atoms with Crippen molar-refractivity contribution in [1.29, 1.82) is 0 Å². The SMILES string of the molecule is Cc1cccc(/C=C2\Oc3c(ccc(OC(=O)C(Cl)c4ccccc4)c3C)C2=O)c1. The third kappa shape index (κ3) is 3.87. The number of hydrogen-bond acceptors (Lipinski definition) is 4. The fourth-order valence-corrected chi connectivity index (χ4v) is 3.50. The van der Waals surface area contributed by atoms with E-state index in [1.807, 2.05) is 37.3 Å². The van der Waals surface area contributed by atoms with E-state index in [0.29, 0.717) is 28.2 Å². The second-order valence-corrected chi connectivity index (χ2v) is 7.55. The van der Waals surface area contributed by atoms with Crippen molar-refractivity contribution in [3.63, 3.8) is 0 Å². The molecule has 0 bridgehead atoms. The lowest BCUT2D eigenvalue weighted by Crippen LogP contribution is -2.15. The van der Waals surface area contributed by atoms with E-state index in [2.05, 4.69) is 0 Å². The minimum atomic E-state index is -0.932. The van der Waals surface area contributed by atoms with Crippen LogP contribution in [0.2, 0.25) is 0 Å². The Morgan fingerprint density at radius 1 is 1.03 bits per heavy atom. The van der Waals surface area contributed by atoms with Gasteiger partial charge in [0, 0.05) is 5.56 Å². The van der Waals surface area contributed by atoms with Crippen LogP contribution in [0.4, 0.5) is 0 Å². The molecule has 5 heteroatoms. The molecule has 0 saturated carbocycles. The molecular weight excluding hydrogens is 400 g/mol. The summed E-state index contributed by atoms with van der Waals surface area (Å²) < 4.78 is 11.4. The lowest BCUT2D eigenvalue weighted by Gasteiger charge is -2.13. The molecule has 0 amide bonds. The first kappa shape index (κ1) is 19.9. The number of carbonyl (C=O) groups excluding carboxylic acids is 2. The maximum absolute atomic E-state index is 12.7. The van der Waals surface area contributed by atoms with Crippen molar-refractivity contribution in [2.24, 2.45) is 0 Å². The van der Waals surface area contributed by atoms with Gasteiger partial charge in [-0.3, -0.25) is 4.79 Å². The molecule has 1 aliphatic rings. The Bertz CT molecular complexity index is 1170. The fraction of sp³-hybridized carbons (Fsp3) is 0.120. The van der Waals surface area contributed by atoms with Gasteiger partial charge in [0.1, 0.15) is 11.5 Å². The molecule has 0 aliphatic carbocycles. The second kappa shape index (κ2) is 8.17. The van der Waals surface area contributed by atoms with Crippen LogP contribution in [0.15, 0.2) is 72.5 Å². The Labute approximate surface area is 179 Å². The summed E-state index contributed by atoms with van der Waals surface area (Å²) in [6.07, 6.45) is 1.71. The number of halogens is 1. The monoisotopic (exact) mass is 418 g/mol. The maximum Gasteiger partial charge on any atom is 0.334 e. The number of rotatable bonds is 4. The van der Waals surface area contributed by atoms with Crippen LogP contribution in [0.3, 0.4) is 0 Å². The molecular formula is C25H19ClO4. The predicted molar refractivity (Wildman–Crippen MR) is 116 cm³/mol. The summed E-state index contributed by atoms with van der Waals surface area (Å²) in [6, 6.07) is 20.0. The zero-order chi connectivity index (χ0) is 21.3. The topological polar surface area (TPSA) is 52.6 Å². The molecule has 30 heavy (non-hydrogen) atoms. The van der Waals surface area contributed by atoms with Gasteiger partial charge in [-0.1, -0.05) is 60.2 Å². The molecule has 3 aromatic rings. The molecule has 1 unspecified atom stereocenters. The fourth-order valence-electron chi connectivity index (χ4n) is 3.31. The number of esters is 1. The van der Waals surface area contributed by atoms with Gasteiger partial charge < -0.3 is 9.47 Å². The average molecular weight is 419 g/mol. The summed E-state index contributed by atoms with van der Waals surface area (Å²) in [6.45, 7) is 3.73. The molecule has 1 heterocycles. The van der Waals surface area contributed by atoms with Crippen molar-refractivity contribution >= 4 is 29.4 Å². The molecule has 4 rings (SSSR count). The highest BCUT2D eigenvalue weighted by Crippen LogP contribution is 2.40. The third-order valence-electron chi connectivity index (χ3n) is 4.89. The van der Waals surface area contributed by atoms with E-state index in [1.54, 1.807) is 49.4 Å². The van der Waals surface area contributed by atoms with Gasteiger partial charge >= 0.3 is 5.97 Å². The van der Waals surface area contributed by atoms with E-state index in [0.717, 1.165) is 11.1 Å². The van der Waals surface area contributed by atoms with Crippen LogP contribution in [-0.4, -0.2) is 11.8 Å². The van der Waals surface area contributed by atoms with Crippen molar-refractivity contribution in [1.82, 2.24) is 0 Å². The number of aryl methyl sites for hydroxylation is 1. The maximum atomic E-state index is 12.7. The summed E-state index contributed by atoms with van der Waals surface area (Å²) in [5.41, 5.74) is 3.63. The smallest absolute Gasteiger partial charge is 0.334 e. The molecule has 1 atom stereocenters. The van der Waals surface area contributed by atoms with Gasteiger partial charge in [0.05, 0.1) is 5.56 Å². The summed E-state index contributed by atoms with van der Waals surface area (Å²) in [5, 5.41) is -0.932. The molecule has 0 aromatic heterocycles.